The number of aryl methyl sites for hydroxylation is 1. The molecule has 1 saturated carbocycles. The molecule has 0 amide bonds. The van der Waals surface area contributed by atoms with Crippen LogP contribution in [0.3, 0.4) is 0 Å². The maximum atomic E-state index is 10.1. The number of ether oxygens (including phenoxy) is 1. The molecule has 4 atom stereocenters. The fourth-order valence-electron chi connectivity index (χ4n) is 5.46. The molecule has 2 aliphatic carbocycles. The Bertz CT molecular complexity index is 518. The van der Waals surface area contributed by atoms with Crippen LogP contribution in [0.4, 0.5) is 0 Å². The number of benzene rings is 1. The van der Waals surface area contributed by atoms with Crippen molar-refractivity contribution in [1.29, 1.82) is 0 Å². The maximum Gasteiger partial charge on any atom is 0.119 e. The largest absolute Gasteiger partial charge is 0.497 e. The topological polar surface area (TPSA) is 29.5 Å². The molecule has 2 heteroatoms. The minimum atomic E-state index is 0.167. The van der Waals surface area contributed by atoms with Gasteiger partial charge in [-0.2, -0.15) is 0 Å². The Morgan fingerprint density at radius 1 is 1.27 bits per heavy atom. The molecule has 1 aromatic rings. The summed E-state index contributed by atoms with van der Waals surface area (Å²) in [4.78, 5) is 0. The van der Waals surface area contributed by atoms with E-state index in [1.54, 1.807) is 12.7 Å². The standard InChI is InChI=1S/C20H30O2/c1-4-19-18-8-6-14-12-15(22-3)7-9-16(14)17(18)10-11-20(19,5-2)13-21/h7,9,12,17-19,21H,4-6,8,10-11,13H2,1-3H3/t17-,18-,19?,20?/m1/s1. The Balaban J connectivity index is 1.94. The first-order valence-electron chi connectivity index (χ1n) is 8.96. The van der Waals surface area contributed by atoms with Gasteiger partial charge in [0.25, 0.3) is 0 Å². The zero-order valence-corrected chi connectivity index (χ0v) is 14.3. The molecule has 1 fully saturated rings. The lowest BCUT2D eigenvalue weighted by Gasteiger charge is -2.52. The van der Waals surface area contributed by atoms with E-state index < -0.39 is 0 Å². The van der Waals surface area contributed by atoms with Gasteiger partial charge in [-0.05, 0) is 78.5 Å². The molecule has 2 unspecified atom stereocenters. The normalized spacial score (nSPS) is 33.9. The number of rotatable bonds is 4. The van der Waals surface area contributed by atoms with Crippen molar-refractivity contribution in [3.05, 3.63) is 29.3 Å². The molecular formula is C20H30O2. The van der Waals surface area contributed by atoms with E-state index in [2.05, 4.69) is 32.0 Å². The van der Waals surface area contributed by atoms with Crippen LogP contribution in [0.15, 0.2) is 18.2 Å². The number of aliphatic hydroxyl groups is 1. The molecule has 22 heavy (non-hydrogen) atoms. The highest BCUT2D eigenvalue weighted by Gasteiger charge is 2.48. The summed E-state index contributed by atoms with van der Waals surface area (Å²) in [5, 5.41) is 10.1. The van der Waals surface area contributed by atoms with Gasteiger partial charge in [0.05, 0.1) is 7.11 Å². The third-order valence-corrected chi connectivity index (χ3v) is 6.73. The van der Waals surface area contributed by atoms with Crippen molar-refractivity contribution in [1.82, 2.24) is 0 Å². The summed E-state index contributed by atoms with van der Waals surface area (Å²) in [5.74, 6) is 3.08. The fraction of sp³-hybridized carbons (Fsp3) is 0.700. The molecule has 1 N–H and O–H groups in total. The Hall–Kier alpha value is -1.02. The van der Waals surface area contributed by atoms with Gasteiger partial charge in [0.1, 0.15) is 5.75 Å². The second-order valence-corrected chi connectivity index (χ2v) is 7.30. The van der Waals surface area contributed by atoms with Crippen LogP contribution in [0.5, 0.6) is 5.75 Å². The van der Waals surface area contributed by atoms with Gasteiger partial charge >= 0.3 is 0 Å². The van der Waals surface area contributed by atoms with Crippen LogP contribution < -0.4 is 4.74 Å². The van der Waals surface area contributed by atoms with Crippen molar-refractivity contribution >= 4 is 0 Å². The monoisotopic (exact) mass is 302 g/mol. The highest BCUT2D eigenvalue weighted by molar-refractivity contribution is 5.40. The average molecular weight is 302 g/mol. The van der Waals surface area contributed by atoms with Crippen LogP contribution >= 0.6 is 0 Å². The molecule has 1 aromatic carbocycles. The predicted octanol–water partition coefficient (Wildman–Crippen LogP) is 4.55. The third-order valence-electron chi connectivity index (χ3n) is 6.73. The van der Waals surface area contributed by atoms with E-state index in [1.807, 2.05) is 0 Å². The number of hydrogen-bond donors (Lipinski definition) is 1. The van der Waals surface area contributed by atoms with Crippen LogP contribution in [-0.4, -0.2) is 18.8 Å². The second kappa shape index (κ2) is 6.23. The zero-order valence-electron chi connectivity index (χ0n) is 14.3. The Labute approximate surface area is 134 Å². The summed E-state index contributed by atoms with van der Waals surface area (Å²) in [6.07, 6.45) is 7.14. The van der Waals surface area contributed by atoms with E-state index in [4.69, 9.17) is 4.74 Å². The molecular weight excluding hydrogens is 272 g/mol. The molecule has 2 aliphatic rings. The first kappa shape index (κ1) is 15.9. The van der Waals surface area contributed by atoms with Gasteiger partial charge in [-0.3, -0.25) is 0 Å². The van der Waals surface area contributed by atoms with Crippen molar-refractivity contribution in [2.24, 2.45) is 17.3 Å². The number of methoxy groups -OCH3 is 1. The van der Waals surface area contributed by atoms with Crippen molar-refractivity contribution in [3.8, 4) is 5.75 Å². The predicted molar refractivity (Wildman–Crippen MR) is 90.4 cm³/mol. The van der Waals surface area contributed by atoms with Gasteiger partial charge in [-0.1, -0.05) is 26.3 Å². The lowest BCUT2D eigenvalue weighted by Crippen LogP contribution is -2.45. The summed E-state index contributed by atoms with van der Waals surface area (Å²) < 4.78 is 5.39. The Morgan fingerprint density at radius 3 is 2.73 bits per heavy atom. The molecule has 0 heterocycles. The fourth-order valence-corrected chi connectivity index (χ4v) is 5.46. The minimum Gasteiger partial charge on any atom is -0.497 e. The third kappa shape index (κ3) is 2.36. The maximum absolute atomic E-state index is 10.1. The molecule has 0 saturated heterocycles. The van der Waals surface area contributed by atoms with Gasteiger partial charge in [0, 0.05) is 6.61 Å². The smallest absolute Gasteiger partial charge is 0.119 e. The first-order chi connectivity index (χ1) is 10.7. The highest BCUT2D eigenvalue weighted by atomic mass is 16.5. The number of hydrogen-bond acceptors (Lipinski definition) is 2. The van der Waals surface area contributed by atoms with Crippen molar-refractivity contribution in [2.45, 2.75) is 58.3 Å². The van der Waals surface area contributed by atoms with Crippen LogP contribution in [-0.2, 0) is 6.42 Å². The van der Waals surface area contributed by atoms with E-state index in [0.717, 1.165) is 24.5 Å². The average Bonchev–Trinajstić information content (AvgIpc) is 2.59. The van der Waals surface area contributed by atoms with Gasteiger partial charge in [0.2, 0.25) is 0 Å². The van der Waals surface area contributed by atoms with E-state index in [-0.39, 0.29) is 5.41 Å². The Morgan fingerprint density at radius 2 is 2.09 bits per heavy atom. The van der Waals surface area contributed by atoms with Gasteiger partial charge < -0.3 is 9.84 Å². The summed E-state index contributed by atoms with van der Waals surface area (Å²) in [6.45, 7) is 4.94. The van der Waals surface area contributed by atoms with Gasteiger partial charge in [0.15, 0.2) is 0 Å². The lowest BCUT2D eigenvalue weighted by molar-refractivity contribution is -0.0317. The molecule has 122 valence electrons. The number of fused-ring (bicyclic) bond motifs is 3. The summed E-state index contributed by atoms with van der Waals surface area (Å²) in [6, 6.07) is 6.66. The summed E-state index contributed by atoms with van der Waals surface area (Å²) in [5.41, 5.74) is 3.21. The van der Waals surface area contributed by atoms with Crippen molar-refractivity contribution < 1.29 is 9.84 Å². The second-order valence-electron chi connectivity index (χ2n) is 7.30. The van der Waals surface area contributed by atoms with Crippen LogP contribution in [0.2, 0.25) is 0 Å². The summed E-state index contributed by atoms with van der Waals surface area (Å²) in [7, 11) is 1.75. The quantitative estimate of drug-likeness (QED) is 0.884. The highest BCUT2D eigenvalue weighted by Crippen LogP contribution is 2.57. The van der Waals surface area contributed by atoms with E-state index >= 15 is 0 Å². The molecule has 0 aromatic heterocycles. The van der Waals surface area contributed by atoms with E-state index in [0.29, 0.717) is 18.4 Å². The van der Waals surface area contributed by atoms with Crippen LogP contribution in [0, 0.1) is 17.3 Å². The minimum absolute atomic E-state index is 0.167. The summed E-state index contributed by atoms with van der Waals surface area (Å²) >= 11 is 0. The molecule has 2 nitrogen and oxygen atoms in total. The molecule has 0 bridgehead atoms. The van der Waals surface area contributed by atoms with Crippen molar-refractivity contribution in [3.63, 3.8) is 0 Å². The van der Waals surface area contributed by atoms with Gasteiger partial charge in [-0.15, -0.1) is 0 Å². The lowest BCUT2D eigenvalue weighted by atomic mass is 9.53. The number of aliphatic hydroxyl groups excluding tert-OH is 1. The zero-order chi connectivity index (χ0) is 15.7. The molecule has 3 rings (SSSR count). The van der Waals surface area contributed by atoms with E-state index in [1.165, 1.54) is 31.2 Å². The first-order valence-corrected chi connectivity index (χ1v) is 8.96. The van der Waals surface area contributed by atoms with Crippen LogP contribution in [0.1, 0.15) is 63.0 Å². The van der Waals surface area contributed by atoms with Crippen LogP contribution in [0.25, 0.3) is 0 Å². The van der Waals surface area contributed by atoms with Crippen molar-refractivity contribution in [2.75, 3.05) is 13.7 Å². The Kier molecular flexibility index (Phi) is 4.49. The SMILES string of the molecule is CCC1[C@@H]2CCc3cc(OC)ccc3[C@H]2CCC1(CC)CO. The molecule has 0 spiro atoms. The van der Waals surface area contributed by atoms with E-state index in [9.17, 15) is 5.11 Å². The molecule has 0 radical (unpaired) electrons. The molecule has 0 aliphatic heterocycles. The van der Waals surface area contributed by atoms with Gasteiger partial charge in [-0.25, -0.2) is 0 Å².